The summed E-state index contributed by atoms with van der Waals surface area (Å²) >= 11 is 0. The molecule has 0 spiro atoms. The number of amidine groups is 1. The standard InChI is InChI=1S/C19H22N2/c1-19-11-12-21(2)18(19)20-17-15(9-6-10-16(17)19)13-14-7-4-3-5-8-14/h3-10,15,17H,11-13H2,1-2H3/t15?,17-,19+/m1/s1. The predicted octanol–water partition coefficient (Wildman–Crippen LogP) is 3.46. The lowest BCUT2D eigenvalue weighted by molar-refractivity contribution is 0.464. The molecule has 3 aliphatic rings. The van der Waals surface area contributed by atoms with Crippen LogP contribution >= 0.6 is 0 Å². The van der Waals surface area contributed by atoms with Crippen LogP contribution in [0.4, 0.5) is 0 Å². The fourth-order valence-electron chi connectivity index (χ4n) is 4.15. The number of nitrogens with zero attached hydrogens (tertiary/aromatic N) is 2. The largest absolute Gasteiger partial charge is 0.363 e. The smallest absolute Gasteiger partial charge is 0.110 e. The van der Waals surface area contributed by atoms with E-state index < -0.39 is 0 Å². The van der Waals surface area contributed by atoms with Crippen molar-refractivity contribution in [3.63, 3.8) is 0 Å². The Labute approximate surface area is 126 Å². The van der Waals surface area contributed by atoms with E-state index in [9.17, 15) is 0 Å². The fourth-order valence-corrected chi connectivity index (χ4v) is 4.15. The molecule has 0 bridgehead atoms. The highest BCUT2D eigenvalue weighted by Crippen LogP contribution is 2.49. The van der Waals surface area contributed by atoms with Gasteiger partial charge in [0.1, 0.15) is 5.84 Å². The summed E-state index contributed by atoms with van der Waals surface area (Å²) in [4.78, 5) is 7.47. The number of allylic oxidation sites excluding steroid dienone is 2. The van der Waals surface area contributed by atoms with Crippen molar-refractivity contribution in [1.82, 2.24) is 4.90 Å². The van der Waals surface area contributed by atoms with Gasteiger partial charge in [-0.3, -0.25) is 4.99 Å². The maximum Gasteiger partial charge on any atom is 0.110 e. The number of benzene rings is 1. The quantitative estimate of drug-likeness (QED) is 0.809. The van der Waals surface area contributed by atoms with Crippen LogP contribution < -0.4 is 0 Å². The Morgan fingerprint density at radius 3 is 2.90 bits per heavy atom. The molecule has 2 aliphatic heterocycles. The van der Waals surface area contributed by atoms with Crippen molar-refractivity contribution in [3.8, 4) is 0 Å². The molecule has 0 saturated carbocycles. The van der Waals surface area contributed by atoms with Gasteiger partial charge < -0.3 is 4.90 Å². The van der Waals surface area contributed by atoms with Crippen molar-refractivity contribution < 1.29 is 0 Å². The molecule has 1 unspecified atom stereocenters. The lowest BCUT2D eigenvalue weighted by Gasteiger charge is -2.29. The number of fused-ring (bicyclic) bond motifs is 3. The highest BCUT2D eigenvalue weighted by Gasteiger charge is 2.50. The van der Waals surface area contributed by atoms with Gasteiger partial charge >= 0.3 is 0 Å². The van der Waals surface area contributed by atoms with E-state index in [1.807, 2.05) is 0 Å². The number of hydrogen-bond acceptors (Lipinski definition) is 2. The van der Waals surface area contributed by atoms with Crippen LogP contribution in [0.3, 0.4) is 0 Å². The van der Waals surface area contributed by atoms with Gasteiger partial charge in [0.15, 0.2) is 0 Å². The normalized spacial score (nSPS) is 33.5. The summed E-state index contributed by atoms with van der Waals surface area (Å²) in [5.41, 5.74) is 3.12. The molecule has 21 heavy (non-hydrogen) atoms. The van der Waals surface area contributed by atoms with Crippen molar-refractivity contribution in [1.29, 1.82) is 0 Å². The number of hydrogen-bond donors (Lipinski definition) is 0. The average Bonchev–Trinajstić information content (AvgIpc) is 2.96. The van der Waals surface area contributed by atoms with Crippen molar-refractivity contribution in [2.24, 2.45) is 16.3 Å². The predicted molar refractivity (Wildman–Crippen MR) is 87.4 cm³/mol. The van der Waals surface area contributed by atoms with Gasteiger partial charge in [0.25, 0.3) is 0 Å². The summed E-state index contributed by atoms with van der Waals surface area (Å²) in [7, 11) is 2.18. The average molecular weight is 278 g/mol. The van der Waals surface area contributed by atoms with Gasteiger partial charge in [-0.1, -0.05) is 48.6 Å². The second kappa shape index (κ2) is 4.59. The second-order valence-electron chi connectivity index (χ2n) is 6.76. The van der Waals surface area contributed by atoms with E-state index in [1.54, 1.807) is 0 Å². The summed E-state index contributed by atoms with van der Waals surface area (Å²) in [6.45, 7) is 3.51. The molecule has 2 nitrogen and oxygen atoms in total. The molecule has 3 atom stereocenters. The van der Waals surface area contributed by atoms with Crippen LogP contribution in [-0.2, 0) is 6.42 Å². The summed E-state index contributed by atoms with van der Waals surface area (Å²) < 4.78 is 0. The van der Waals surface area contributed by atoms with Crippen molar-refractivity contribution >= 4 is 5.84 Å². The third-order valence-corrected chi connectivity index (χ3v) is 5.37. The van der Waals surface area contributed by atoms with E-state index in [0.717, 1.165) is 13.0 Å². The Morgan fingerprint density at radius 1 is 1.29 bits per heavy atom. The van der Waals surface area contributed by atoms with Crippen LogP contribution in [0.15, 0.2) is 59.1 Å². The molecule has 4 rings (SSSR count). The fraction of sp³-hybridized carbons (Fsp3) is 0.421. The minimum absolute atomic E-state index is 0.180. The Hall–Kier alpha value is -1.83. The maximum atomic E-state index is 5.13. The molecule has 0 radical (unpaired) electrons. The van der Waals surface area contributed by atoms with Crippen molar-refractivity contribution in [2.45, 2.75) is 25.8 Å². The SMILES string of the molecule is CN1CC[C@@]2(C)C3=CC=CC(Cc4ccccc4)[C@H]3N=C12. The Balaban J connectivity index is 1.66. The van der Waals surface area contributed by atoms with Gasteiger partial charge in [0.2, 0.25) is 0 Å². The van der Waals surface area contributed by atoms with Crippen LogP contribution in [0.2, 0.25) is 0 Å². The van der Waals surface area contributed by atoms with E-state index in [1.165, 1.54) is 23.4 Å². The van der Waals surface area contributed by atoms with Gasteiger partial charge in [-0.2, -0.15) is 0 Å². The monoisotopic (exact) mass is 278 g/mol. The molecule has 0 aromatic heterocycles. The molecule has 108 valence electrons. The number of rotatable bonds is 2. The summed E-state index contributed by atoms with van der Waals surface area (Å²) in [6.07, 6.45) is 9.20. The van der Waals surface area contributed by atoms with E-state index in [0.29, 0.717) is 12.0 Å². The maximum absolute atomic E-state index is 5.13. The summed E-state index contributed by atoms with van der Waals surface area (Å²) in [5.74, 6) is 1.80. The van der Waals surface area contributed by atoms with Gasteiger partial charge in [-0.05, 0) is 30.9 Å². The first kappa shape index (κ1) is 12.9. The van der Waals surface area contributed by atoms with Gasteiger partial charge in [0, 0.05) is 24.9 Å². The first-order valence-electron chi connectivity index (χ1n) is 7.91. The molecule has 0 amide bonds. The molecule has 1 fully saturated rings. The van der Waals surface area contributed by atoms with Gasteiger partial charge in [-0.15, -0.1) is 0 Å². The van der Waals surface area contributed by atoms with Crippen molar-refractivity contribution in [3.05, 3.63) is 59.7 Å². The third kappa shape index (κ3) is 1.89. The van der Waals surface area contributed by atoms with E-state index >= 15 is 0 Å². The summed E-state index contributed by atoms with van der Waals surface area (Å²) in [5, 5.41) is 0. The van der Waals surface area contributed by atoms with E-state index in [4.69, 9.17) is 4.99 Å². The molecule has 1 saturated heterocycles. The minimum atomic E-state index is 0.180. The first-order chi connectivity index (χ1) is 10.2. The zero-order chi connectivity index (χ0) is 14.4. The van der Waals surface area contributed by atoms with Crippen LogP contribution in [0.1, 0.15) is 18.9 Å². The van der Waals surface area contributed by atoms with Crippen molar-refractivity contribution in [2.75, 3.05) is 13.6 Å². The highest BCUT2D eigenvalue weighted by molar-refractivity contribution is 5.95. The first-order valence-corrected chi connectivity index (χ1v) is 7.91. The third-order valence-electron chi connectivity index (χ3n) is 5.37. The number of likely N-dealkylation sites (tertiary alicyclic amines) is 1. The topological polar surface area (TPSA) is 15.6 Å². The van der Waals surface area contributed by atoms with Gasteiger partial charge in [-0.25, -0.2) is 0 Å². The van der Waals surface area contributed by atoms with E-state index in [-0.39, 0.29) is 5.41 Å². The highest BCUT2D eigenvalue weighted by atomic mass is 15.2. The van der Waals surface area contributed by atoms with Crippen LogP contribution in [0.25, 0.3) is 0 Å². The molecule has 1 aromatic carbocycles. The van der Waals surface area contributed by atoms with Crippen LogP contribution in [-0.4, -0.2) is 30.4 Å². The van der Waals surface area contributed by atoms with E-state index in [2.05, 4.69) is 67.4 Å². The molecular formula is C19H22N2. The Kier molecular flexibility index (Phi) is 2.81. The Bertz CT molecular complexity index is 641. The summed E-state index contributed by atoms with van der Waals surface area (Å²) in [6, 6.07) is 11.1. The van der Waals surface area contributed by atoms with Crippen LogP contribution in [0, 0.1) is 11.3 Å². The minimum Gasteiger partial charge on any atom is -0.363 e. The van der Waals surface area contributed by atoms with Crippen LogP contribution in [0.5, 0.6) is 0 Å². The molecular weight excluding hydrogens is 256 g/mol. The number of aliphatic imine (C=N–C) groups is 1. The van der Waals surface area contributed by atoms with Gasteiger partial charge in [0.05, 0.1) is 6.04 Å². The lowest BCUT2D eigenvalue weighted by Crippen LogP contribution is -2.30. The molecule has 1 aromatic rings. The molecule has 0 N–H and O–H groups in total. The zero-order valence-corrected chi connectivity index (χ0v) is 12.8. The molecule has 1 aliphatic carbocycles. The zero-order valence-electron chi connectivity index (χ0n) is 12.8. The lowest BCUT2D eigenvalue weighted by atomic mass is 9.73. The molecule has 2 heterocycles. The second-order valence-corrected chi connectivity index (χ2v) is 6.76. The Morgan fingerprint density at radius 2 is 2.10 bits per heavy atom. The molecule has 2 heteroatoms.